The molecule has 0 spiro atoms. The number of nitrogens with zero attached hydrogens (tertiary/aromatic N) is 6. The number of nitrogen functional groups attached to an aromatic ring is 1. The van der Waals surface area contributed by atoms with Crippen LogP contribution in [0.3, 0.4) is 0 Å². The molecule has 0 bridgehead atoms. The van der Waals surface area contributed by atoms with Crippen molar-refractivity contribution < 1.29 is 4.74 Å². The van der Waals surface area contributed by atoms with Crippen molar-refractivity contribution >= 4 is 34.1 Å². The summed E-state index contributed by atoms with van der Waals surface area (Å²) in [6.45, 7) is 3.75. The van der Waals surface area contributed by atoms with E-state index in [4.69, 9.17) is 27.1 Å². The molecule has 1 saturated heterocycles. The fourth-order valence-corrected chi connectivity index (χ4v) is 3.87. The van der Waals surface area contributed by atoms with Crippen molar-refractivity contribution in [3.8, 4) is 22.6 Å². The van der Waals surface area contributed by atoms with Gasteiger partial charge in [-0.1, -0.05) is 11.6 Å². The zero-order chi connectivity index (χ0) is 21.4. The molecular weight excluding hydrogens is 418 g/mol. The van der Waals surface area contributed by atoms with Gasteiger partial charge in [0.1, 0.15) is 17.1 Å². The number of morpholine rings is 1. The molecule has 1 aliphatic heterocycles. The van der Waals surface area contributed by atoms with Crippen LogP contribution < -0.4 is 11.1 Å². The highest BCUT2D eigenvalue weighted by molar-refractivity contribution is 6.35. The van der Waals surface area contributed by atoms with Crippen LogP contribution in [0.4, 0.5) is 11.6 Å². The molecule has 0 unspecified atom stereocenters. The lowest BCUT2D eigenvalue weighted by Crippen LogP contribution is -2.39. The Labute approximate surface area is 183 Å². The van der Waals surface area contributed by atoms with E-state index in [9.17, 15) is 0 Å². The molecule has 31 heavy (non-hydrogen) atoms. The highest BCUT2D eigenvalue weighted by Crippen LogP contribution is 2.35. The summed E-state index contributed by atoms with van der Waals surface area (Å²) in [6, 6.07) is 5.70. The number of aromatic amines is 1. The van der Waals surface area contributed by atoms with E-state index in [1.165, 1.54) is 0 Å². The van der Waals surface area contributed by atoms with Gasteiger partial charge in [0, 0.05) is 37.3 Å². The predicted molar refractivity (Wildman–Crippen MR) is 120 cm³/mol. The molecule has 4 heterocycles. The quantitative estimate of drug-likeness (QED) is 0.433. The second-order valence-electron chi connectivity index (χ2n) is 7.39. The molecule has 0 radical (unpaired) electrons. The van der Waals surface area contributed by atoms with Gasteiger partial charge in [-0.05, 0) is 18.2 Å². The van der Waals surface area contributed by atoms with Gasteiger partial charge >= 0.3 is 0 Å². The molecule has 0 atom stereocenters. The summed E-state index contributed by atoms with van der Waals surface area (Å²) in [6.07, 6.45) is 3.58. The summed E-state index contributed by atoms with van der Waals surface area (Å²) in [4.78, 5) is 11.8. The first-order valence-electron chi connectivity index (χ1n) is 9.93. The Hall–Kier alpha value is -3.21. The molecule has 160 valence electrons. The molecular formula is C20H22ClN9O. The number of H-pyrrole nitrogens is 1. The Bertz CT molecular complexity index is 1230. The van der Waals surface area contributed by atoms with E-state index in [0.29, 0.717) is 40.4 Å². The van der Waals surface area contributed by atoms with Crippen molar-refractivity contribution in [3.05, 3.63) is 35.6 Å². The SMILES string of the molecule is Cn1ccc(-c2nc(N)c(NCN3CCOCC3)nc2-c2cc(Cl)c3[nH]ncc3c2)n1. The number of hydrogen-bond acceptors (Lipinski definition) is 8. The molecule has 4 aromatic rings. The van der Waals surface area contributed by atoms with Crippen LogP contribution in [0.15, 0.2) is 30.6 Å². The molecule has 11 heteroatoms. The van der Waals surface area contributed by atoms with Crippen LogP contribution in [0.1, 0.15) is 0 Å². The van der Waals surface area contributed by atoms with E-state index in [1.807, 2.05) is 31.4 Å². The highest BCUT2D eigenvalue weighted by atomic mass is 35.5. The number of hydrogen-bond donors (Lipinski definition) is 3. The molecule has 10 nitrogen and oxygen atoms in total. The van der Waals surface area contributed by atoms with Gasteiger partial charge in [0.2, 0.25) is 0 Å². The summed E-state index contributed by atoms with van der Waals surface area (Å²) in [7, 11) is 1.85. The largest absolute Gasteiger partial charge is 0.381 e. The van der Waals surface area contributed by atoms with Crippen molar-refractivity contribution in [1.29, 1.82) is 0 Å². The number of ether oxygens (including phenoxy) is 1. The number of nitrogens with one attached hydrogen (secondary N) is 2. The Morgan fingerprint density at radius 3 is 2.84 bits per heavy atom. The number of benzene rings is 1. The predicted octanol–water partition coefficient (Wildman–Crippen LogP) is 2.36. The zero-order valence-corrected chi connectivity index (χ0v) is 17.7. The first-order chi connectivity index (χ1) is 15.1. The molecule has 0 amide bonds. The number of aromatic nitrogens is 6. The van der Waals surface area contributed by atoms with Crippen LogP contribution in [0, 0.1) is 0 Å². The second kappa shape index (κ2) is 8.14. The van der Waals surface area contributed by atoms with Crippen molar-refractivity contribution in [2.75, 3.05) is 44.0 Å². The summed E-state index contributed by atoms with van der Waals surface area (Å²) in [5, 5.41) is 16.3. The molecule has 4 N–H and O–H groups in total. The molecule has 1 aliphatic rings. The smallest absolute Gasteiger partial charge is 0.170 e. The van der Waals surface area contributed by atoms with Crippen LogP contribution in [0.2, 0.25) is 5.02 Å². The molecule has 0 aliphatic carbocycles. The average molecular weight is 440 g/mol. The van der Waals surface area contributed by atoms with Crippen molar-refractivity contribution in [1.82, 2.24) is 34.8 Å². The highest BCUT2D eigenvalue weighted by Gasteiger charge is 2.19. The first kappa shape index (κ1) is 19.7. The summed E-state index contributed by atoms with van der Waals surface area (Å²) in [5.74, 6) is 0.831. The van der Waals surface area contributed by atoms with Crippen molar-refractivity contribution in [2.45, 2.75) is 0 Å². The topological polar surface area (TPSA) is 123 Å². The van der Waals surface area contributed by atoms with Gasteiger partial charge in [-0.15, -0.1) is 0 Å². The first-order valence-corrected chi connectivity index (χ1v) is 10.3. The summed E-state index contributed by atoms with van der Waals surface area (Å²) in [5.41, 5.74) is 9.77. The Morgan fingerprint density at radius 2 is 2.06 bits per heavy atom. The van der Waals surface area contributed by atoms with Crippen LogP contribution >= 0.6 is 11.6 Å². The summed E-state index contributed by atoms with van der Waals surface area (Å²) >= 11 is 6.49. The minimum Gasteiger partial charge on any atom is -0.381 e. The standard InChI is InChI=1S/C20H22ClN9O/c1-29-3-2-15(28-29)18-17(12-8-13-10-24-27-16(13)14(21)9-12)26-20(19(22)25-18)23-11-30-4-6-31-7-5-30/h2-3,8-10H,4-7,11H2,1H3,(H2,22,25)(H,23,26)(H,24,27). The van der Waals surface area contributed by atoms with Gasteiger partial charge in [-0.2, -0.15) is 10.2 Å². The van der Waals surface area contributed by atoms with Crippen LogP contribution in [-0.2, 0) is 11.8 Å². The van der Waals surface area contributed by atoms with Crippen molar-refractivity contribution in [2.24, 2.45) is 7.05 Å². The number of halogens is 1. The maximum absolute atomic E-state index is 6.49. The van der Waals surface area contributed by atoms with E-state index in [1.54, 1.807) is 10.9 Å². The van der Waals surface area contributed by atoms with Gasteiger partial charge < -0.3 is 15.8 Å². The number of fused-ring (bicyclic) bond motifs is 1. The average Bonchev–Trinajstić information content (AvgIpc) is 3.42. The summed E-state index contributed by atoms with van der Waals surface area (Å²) < 4.78 is 7.12. The van der Waals surface area contributed by atoms with E-state index in [-0.39, 0.29) is 0 Å². The minimum absolute atomic E-state index is 0.313. The molecule has 0 saturated carbocycles. The lowest BCUT2D eigenvalue weighted by molar-refractivity contribution is 0.0414. The van der Waals surface area contributed by atoms with Gasteiger partial charge in [0.25, 0.3) is 0 Å². The van der Waals surface area contributed by atoms with Gasteiger partial charge in [-0.25, -0.2) is 9.97 Å². The van der Waals surface area contributed by atoms with Crippen molar-refractivity contribution in [3.63, 3.8) is 0 Å². The van der Waals surface area contributed by atoms with E-state index < -0.39 is 0 Å². The van der Waals surface area contributed by atoms with Crippen LogP contribution in [0.5, 0.6) is 0 Å². The maximum Gasteiger partial charge on any atom is 0.170 e. The molecule has 1 aromatic carbocycles. The number of aryl methyl sites for hydroxylation is 1. The Morgan fingerprint density at radius 1 is 1.23 bits per heavy atom. The number of rotatable bonds is 5. The number of nitrogens with two attached hydrogens (primary N) is 1. The fourth-order valence-electron chi connectivity index (χ4n) is 3.60. The van der Waals surface area contributed by atoms with Crippen LogP contribution in [0.25, 0.3) is 33.5 Å². The zero-order valence-electron chi connectivity index (χ0n) is 17.0. The second-order valence-corrected chi connectivity index (χ2v) is 7.79. The number of anilines is 2. The van der Waals surface area contributed by atoms with Crippen LogP contribution in [-0.4, -0.2) is 67.8 Å². The van der Waals surface area contributed by atoms with Gasteiger partial charge in [0.15, 0.2) is 11.6 Å². The minimum atomic E-state index is 0.313. The molecule has 1 fully saturated rings. The van der Waals surface area contributed by atoms with Gasteiger partial charge in [0.05, 0.1) is 36.6 Å². The Balaban J connectivity index is 1.58. The third-order valence-corrected chi connectivity index (χ3v) is 5.53. The lowest BCUT2D eigenvalue weighted by atomic mass is 10.1. The van der Waals surface area contributed by atoms with E-state index in [0.717, 1.165) is 42.8 Å². The maximum atomic E-state index is 6.49. The monoisotopic (exact) mass is 439 g/mol. The normalized spacial score (nSPS) is 14.9. The van der Waals surface area contributed by atoms with Gasteiger partial charge in [-0.3, -0.25) is 14.7 Å². The lowest BCUT2D eigenvalue weighted by Gasteiger charge is -2.27. The third-order valence-electron chi connectivity index (χ3n) is 5.23. The van der Waals surface area contributed by atoms with E-state index >= 15 is 0 Å². The molecule has 3 aromatic heterocycles. The third kappa shape index (κ3) is 3.92. The fraction of sp³-hybridized carbons (Fsp3) is 0.300. The van der Waals surface area contributed by atoms with E-state index in [2.05, 4.69) is 30.5 Å². The molecule has 5 rings (SSSR count). The Kier molecular flexibility index (Phi) is 5.18.